The number of thiophene rings is 1. The largest absolute Gasteiger partial charge is 0.462 e. The molecule has 1 aromatic heterocycles. The van der Waals surface area contributed by atoms with Gasteiger partial charge in [-0.1, -0.05) is 49.6 Å². The summed E-state index contributed by atoms with van der Waals surface area (Å²) in [4.78, 5) is 13.5. The van der Waals surface area contributed by atoms with Gasteiger partial charge in [-0.25, -0.2) is 4.79 Å². The molecule has 1 fully saturated rings. The van der Waals surface area contributed by atoms with E-state index in [9.17, 15) is 4.79 Å². The van der Waals surface area contributed by atoms with E-state index >= 15 is 0 Å². The van der Waals surface area contributed by atoms with Gasteiger partial charge in [0.15, 0.2) is 5.11 Å². The van der Waals surface area contributed by atoms with Gasteiger partial charge < -0.3 is 15.4 Å². The third-order valence-electron chi connectivity index (χ3n) is 4.67. The normalized spacial score (nSPS) is 14.6. The number of nitrogens with one attached hydrogen (secondary N) is 2. The van der Waals surface area contributed by atoms with Crippen molar-refractivity contribution in [1.29, 1.82) is 0 Å². The topological polar surface area (TPSA) is 50.4 Å². The Balaban J connectivity index is 1.72. The molecule has 2 N–H and O–H groups in total. The molecule has 1 aliphatic carbocycles. The highest BCUT2D eigenvalue weighted by Gasteiger charge is 2.20. The molecule has 1 saturated carbocycles. The van der Waals surface area contributed by atoms with Gasteiger partial charge in [0.1, 0.15) is 5.00 Å². The van der Waals surface area contributed by atoms with Crippen molar-refractivity contribution in [3.8, 4) is 0 Å². The highest BCUT2D eigenvalue weighted by molar-refractivity contribution is 7.80. The highest BCUT2D eigenvalue weighted by atomic mass is 32.1. The molecule has 0 radical (unpaired) electrons. The molecule has 1 heterocycles. The molecule has 0 amide bonds. The van der Waals surface area contributed by atoms with Crippen molar-refractivity contribution < 1.29 is 9.53 Å². The quantitative estimate of drug-likeness (QED) is 0.518. The summed E-state index contributed by atoms with van der Waals surface area (Å²) < 4.78 is 5.23. The number of hydrogen-bond donors (Lipinski definition) is 2. The molecule has 0 bridgehead atoms. The summed E-state index contributed by atoms with van der Waals surface area (Å²) in [6, 6.07) is 12.6. The maximum atomic E-state index is 12.4. The molecule has 0 atom stereocenters. The van der Waals surface area contributed by atoms with Crippen molar-refractivity contribution in [2.75, 3.05) is 11.9 Å². The zero-order chi connectivity index (χ0) is 19.1. The minimum absolute atomic E-state index is 0.309. The number of anilines is 1. The molecule has 4 nitrogen and oxygen atoms in total. The van der Waals surface area contributed by atoms with E-state index in [4.69, 9.17) is 17.0 Å². The second-order valence-electron chi connectivity index (χ2n) is 6.77. The first-order valence-electron chi connectivity index (χ1n) is 9.57. The first kappa shape index (κ1) is 19.8. The fourth-order valence-corrected chi connectivity index (χ4v) is 4.77. The molecule has 1 aliphatic rings. The zero-order valence-corrected chi connectivity index (χ0v) is 17.3. The molecular formula is C21H26N2O2S2. The lowest BCUT2D eigenvalue weighted by atomic mass is 9.96. The second-order valence-corrected chi connectivity index (χ2v) is 8.32. The molecule has 144 valence electrons. The molecule has 0 saturated heterocycles. The van der Waals surface area contributed by atoms with E-state index in [1.54, 1.807) is 11.3 Å². The van der Waals surface area contributed by atoms with Crippen LogP contribution in [0.4, 0.5) is 5.00 Å². The van der Waals surface area contributed by atoms with E-state index in [-0.39, 0.29) is 5.97 Å². The lowest BCUT2D eigenvalue weighted by molar-refractivity contribution is 0.0528. The van der Waals surface area contributed by atoms with Crippen molar-refractivity contribution in [2.24, 2.45) is 0 Å². The van der Waals surface area contributed by atoms with Crippen molar-refractivity contribution >= 4 is 39.6 Å². The maximum absolute atomic E-state index is 12.4. The van der Waals surface area contributed by atoms with Gasteiger partial charge in [0.2, 0.25) is 0 Å². The predicted molar refractivity (Wildman–Crippen MR) is 116 cm³/mol. The average molecular weight is 403 g/mol. The van der Waals surface area contributed by atoms with Crippen LogP contribution in [0.2, 0.25) is 0 Å². The van der Waals surface area contributed by atoms with Crippen LogP contribution in [0.5, 0.6) is 0 Å². The van der Waals surface area contributed by atoms with Gasteiger partial charge in [-0.15, -0.1) is 11.3 Å². The van der Waals surface area contributed by atoms with E-state index in [1.807, 2.05) is 31.2 Å². The van der Waals surface area contributed by atoms with Crippen LogP contribution in [0.3, 0.4) is 0 Å². The van der Waals surface area contributed by atoms with Gasteiger partial charge in [0.25, 0.3) is 0 Å². The fraction of sp³-hybridized carbons (Fsp3) is 0.429. The number of esters is 1. The summed E-state index contributed by atoms with van der Waals surface area (Å²) in [6.07, 6.45) is 6.87. The van der Waals surface area contributed by atoms with Gasteiger partial charge in [-0.2, -0.15) is 0 Å². The summed E-state index contributed by atoms with van der Waals surface area (Å²) in [5.41, 5.74) is 1.77. The molecule has 0 spiro atoms. The second kappa shape index (κ2) is 9.85. The monoisotopic (exact) mass is 402 g/mol. The number of carbonyl (C=O) groups is 1. The fourth-order valence-electron chi connectivity index (χ4n) is 3.35. The van der Waals surface area contributed by atoms with E-state index in [1.165, 1.54) is 24.8 Å². The Kier molecular flexibility index (Phi) is 7.24. The number of benzene rings is 1. The summed E-state index contributed by atoms with van der Waals surface area (Å²) in [5, 5.41) is 7.98. The molecule has 3 rings (SSSR count). The van der Waals surface area contributed by atoms with Crippen LogP contribution in [0.25, 0.3) is 0 Å². The number of rotatable bonds is 6. The SMILES string of the molecule is CCOC(=O)c1cc(Cc2ccccc2)sc1NC(=S)NC1CCCCC1. The van der Waals surface area contributed by atoms with Gasteiger partial charge in [-0.3, -0.25) is 0 Å². The van der Waals surface area contributed by atoms with Gasteiger partial charge in [0.05, 0.1) is 12.2 Å². The lowest BCUT2D eigenvalue weighted by Gasteiger charge is -2.24. The Bertz CT molecular complexity index is 768. The first-order valence-corrected chi connectivity index (χ1v) is 10.8. The van der Waals surface area contributed by atoms with Crippen LogP contribution in [0.1, 0.15) is 59.8 Å². The summed E-state index contributed by atoms with van der Waals surface area (Å²) >= 11 is 7.06. The van der Waals surface area contributed by atoms with E-state index in [2.05, 4.69) is 22.8 Å². The molecule has 2 aromatic rings. The molecule has 1 aromatic carbocycles. The third-order valence-corrected chi connectivity index (χ3v) is 5.94. The van der Waals surface area contributed by atoms with Crippen LogP contribution in [0, 0.1) is 0 Å². The van der Waals surface area contributed by atoms with Crippen LogP contribution in [-0.2, 0) is 11.2 Å². The summed E-state index contributed by atoms with van der Waals surface area (Å²) in [7, 11) is 0. The molecule has 6 heteroatoms. The highest BCUT2D eigenvalue weighted by Crippen LogP contribution is 2.31. The van der Waals surface area contributed by atoms with Crippen molar-refractivity contribution in [1.82, 2.24) is 5.32 Å². The van der Waals surface area contributed by atoms with Gasteiger partial charge in [0, 0.05) is 17.3 Å². The number of thiocarbonyl (C=S) groups is 1. The Morgan fingerprint density at radius 3 is 2.67 bits per heavy atom. The van der Waals surface area contributed by atoms with E-state index in [0.29, 0.717) is 23.3 Å². The van der Waals surface area contributed by atoms with Crippen LogP contribution >= 0.6 is 23.6 Å². The van der Waals surface area contributed by atoms with Crippen molar-refractivity contribution in [2.45, 2.75) is 51.5 Å². The van der Waals surface area contributed by atoms with Crippen LogP contribution in [0.15, 0.2) is 36.4 Å². The average Bonchev–Trinajstić information content (AvgIpc) is 3.05. The smallest absolute Gasteiger partial charge is 0.341 e. The standard InChI is InChI=1S/C21H26N2O2S2/c1-2-25-20(24)18-14-17(13-15-9-5-3-6-10-15)27-19(18)23-21(26)22-16-11-7-4-8-12-16/h3,5-6,9-10,14,16H,2,4,7-8,11-13H2,1H3,(H2,22,23,26). The van der Waals surface area contributed by atoms with Crippen molar-refractivity contribution in [3.05, 3.63) is 52.4 Å². The van der Waals surface area contributed by atoms with Crippen LogP contribution in [-0.4, -0.2) is 23.7 Å². The zero-order valence-electron chi connectivity index (χ0n) is 15.6. The van der Waals surface area contributed by atoms with Crippen LogP contribution < -0.4 is 10.6 Å². The molecule has 27 heavy (non-hydrogen) atoms. The molecular weight excluding hydrogens is 376 g/mol. The number of carbonyl (C=O) groups excluding carboxylic acids is 1. The Hall–Kier alpha value is -1.92. The minimum Gasteiger partial charge on any atom is -0.462 e. The Morgan fingerprint density at radius 2 is 1.96 bits per heavy atom. The third kappa shape index (κ3) is 5.78. The number of ether oxygens (including phenoxy) is 1. The maximum Gasteiger partial charge on any atom is 0.341 e. The molecule has 0 unspecified atom stereocenters. The predicted octanol–water partition coefficient (Wildman–Crippen LogP) is 5.13. The van der Waals surface area contributed by atoms with Crippen molar-refractivity contribution in [3.63, 3.8) is 0 Å². The lowest BCUT2D eigenvalue weighted by Crippen LogP contribution is -2.38. The Morgan fingerprint density at radius 1 is 1.22 bits per heavy atom. The molecule has 0 aliphatic heterocycles. The van der Waals surface area contributed by atoms with Gasteiger partial charge in [-0.05, 0) is 43.6 Å². The van der Waals surface area contributed by atoms with Gasteiger partial charge >= 0.3 is 5.97 Å². The number of hydrogen-bond acceptors (Lipinski definition) is 4. The summed E-state index contributed by atoms with van der Waals surface area (Å²) in [5.74, 6) is -0.309. The minimum atomic E-state index is -0.309. The summed E-state index contributed by atoms with van der Waals surface area (Å²) in [6.45, 7) is 2.17. The first-order chi connectivity index (χ1) is 13.2. The Labute approximate surface area is 170 Å². The van der Waals surface area contributed by atoms with E-state index < -0.39 is 0 Å². The van der Waals surface area contributed by atoms with E-state index in [0.717, 1.165) is 29.1 Å².